The van der Waals surface area contributed by atoms with Gasteiger partial charge in [-0.1, -0.05) is 77.2 Å². The van der Waals surface area contributed by atoms with Gasteiger partial charge in [-0.25, -0.2) is 0 Å². The van der Waals surface area contributed by atoms with Gasteiger partial charge in [0.2, 0.25) is 0 Å². The lowest BCUT2D eigenvalue weighted by molar-refractivity contribution is -0.113. The summed E-state index contributed by atoms with van der Waals surface area (Å²) in [6.07, 6.45) is 2.75. The Labute approximate surface area is 153 Å². The molecule has 0 atom stereocenters. The van der Waals surface area contributed by atoms with Crippen molar-refractivity contribution in [3.8, 4) is 0 Å². The maximum atomic E-state index is 12.8. The molecule has 0 bridgehead atoms. The number of nitrogens with zero attached hydrogens (tertiary/aromatic N) is 1. The van der Waals surface area contributed by atoms with E-state index >= 15 is 0 Å². The lowest BCUT2D eigenvalue weighted by Crippen LogP contribution is -2.28. The predicted molar refractivity (Wildman–Crippen MR) is 106 cm³/mol. The van der Waals surface area contributed by atoms with E-state index in [1.807, 2.05) is 54.6 Å². The molecule has 1 aliphatic rings. The van der Waals surface area contributed by atoms with E-state index in [0.29, 0.717) is 9.23 Å². The first-order chi connectivity index (χ1) is 11.1. The molecule has 2 aromatic rings. The topological polar surface area (TPSA) is 20.3 Å². The Hall–Kier alpha value is -1.43. The number of amides is 1. The Morgan fingerprint density at radius 1 is 1.22 bits per heavy atom. The van der Waals surface area contributed by atoms with Gasteiger partial charge in [-0.15, -0.1) is 0 Å². The fourth-order valence-electron chi connectivity index (χ4n) is 2.45. The molecule has 23 heavy (non-hydrogen) atoms. The summed E-state index contributed by atoms with van der Waals surface area (Å²) >= 11 is 10.2. The lowest BCUT2D eigenvalue weighted by atomic mass is 10.1. The normalized spacial score (nSPS) is 16.4. The van der Waals surface area contributed by atoms with E-state index in [0.717, 1.165) is 27.7 Å². The first kappa shape index (κ1) is 16.4. The minimum Gasteiger partial charge on any atom is -0.268 e. The van der Waals surface area contributed by atoms with Gasteiger partial charge in [0.05, 0.1) is 10.6 Å². The summed E-state index contributed by atoms with van der Waals surface area (Å²) in [5.74, 6) is -0.0547. The maximum absolute atomic E-state index is 12.8. The van der Waals surface area contributed by atoms with Gasteiger partial charge in [0.25, 0.3) is 5.91 Å². The standard InChI is InChI=1S/C18H14BrNOS2/c1-2-13-7-3-4-9-15(13)20-17(21)16(23-18(20)22)11-12-6-5-8-14(19)10-12/h3-11H,2H2,1H3. The summed E-state index contributed by atoms with van der Waals surface area (Å²) in [6.45, 7) is 2.08. The molecule has 5 heteroatoms. The number of rotatable bonds is 3. The minimum absolute atomic E-state index is 0.0547. The number of thioether (sulfide) groups is 1. The lowest BCUT2D eigenvalue weighted by Gasteiger charge is -2.18. The molecule has 3 rings (SSSR count). The van der Waals surface area contributed by atoms with Gasteiger partial charge in [-0.3, -0.25) is 9.69 Å². The minimum atomic E-state index is -0.0547. The molecule has 1 fully saturated rings. The number of halogens is 1. The molecule has 1 heterocycles. The maximum Gasteiger partial charge on any atom is 0.270 e. The SMILES string of the molecule is CCc1ccccc1N1C(=O)C(=Cc2cccc(Br)c2)SC1=S. The number of benzene rings is 2. The monoisotopic (exact) mass is 403 g/mol. The molecular formula is C18H14BrNOS2. The second-order valence-electron chi connectivity index (χ2n) is 5.05. The van der Waals surface area contributed by atoms with Crippen molar-refractivity contribution in [3.05, 3.63) is 69.0 Å². The van der Waals surface area contributed by atoms with E-state index in [4.69, 9.17) is 12.2 Å². The number of thiocarbonyl (C=S) groups is 1. The summed E-state index contributed by atoms with van der Waals surface area (Å²) in [5, 5.41) is 0. The van der Waals surface area contributed by atoms with E-state index in [1.165, 1.54) is 11.8 Å². The molecule has 1 saturated heterocycles. The Morgan fingerprint density at radius 2 is 2.00 bits per heavy atom. The molecule has 0 radical (unpaired) electrons. The zero-order valence-corrected chi connectivity index (χ0v) is 15.7. The highest BCUT2D eigenvalue weighted by Crippen LogP contribution is 2.37. The predicted octanol–water partition coefficient (Wildman–Crippen LogP) is 5.42. The van der Waals surface area contributed by atoms with E-state index in [-0.39, 0.29) is 5.91 Å². The molecule has 0 spiro atoms. The summed E-state index contributed by atoms with van der Waals surface area (Å²) in [4.78, 5) is 15.1. The third-order valence-electron chi connectivity index (χ3n) is 3.55. The van der Waals surface area contributed by atoms with Gasteiger partial charge >= 0.3 is 0 Å². The largest absolute Gasteiger partial charge is 0.270 e. The summed E-state index contributed by atoms with van der Waals surface area (Å²) in [7, 11) is 0. The number of aryl methyl sites for hydroxylation is 1. The molecule has 2 aromatic carbocycles. The van der Waals surface area contributed by atoms with Crippen LogP contribution in [0.15, 0.2) is 57.9 Å². The van der Waals surface area contributed by atoms with Crippen molar-refractivity contribution in [3.63, 3.8) is 0 Å². The third-order valence-corrected chi connectivity index (χ3v) is 5.35. The number of hydrogen-bond donors (Lipinski definition) is 0. The first-order valence-electron chi connectivity index (χ1n) is 7.21. The van der Waals surface area contributed by atoms with Gasteiger partial charge in [0.1, 0.15) is 0 Å². The summed E-state index contributed by atoms with van der Waals surface area (Å²) in [6, 6.07) is 15.8. The van der Waals surface area contributed by atoms with Crippen molar-refractivity contribution >= 4 is 61.9 Å². The quantitative estimate of drug-likeness (QED) is 0.504. The van der Waals surface area contributed by atoms with E-state index < -0.39 is 0 Å². The van der Waals surface area contributed by atoms with Gasteiger partial charge in [-0.05, 0) is 41.8 Å². The Kier molecular flexibility index (Phi) is 4.99. The van der Waals surface area contributed by atoms with Gasteiger partial charge in [0.15, 0.2) is 4.32 Å². The molecule has 2 nitrogen and oxygen atoms in total. The number of carbonyl (C=O) groups excluding carboxylic acids is 1. The average molecular weight is 404 g/mol. The van der Waals surface area contributed by atoms with Crippen LogP contribution in [-0.4, -0.2) is 10.2 Å². The Morgan fingerprint density at radius 3 is 2.74 bits per heavy atom. The molecule has 0 aliphatic carbocycles. The van der Waals surface area contributed by atoms with Crippen LogP contribution in [0.5, 0.6) is 0 Å². The second-order valence-corrected chi connectivity index (χ2v) is 7.65. The van der Waals surface area contributed by atoms with Crippen LogP contribution in [-0.2, 0) is 11.2 Å². The van der Waals surface area contributed by atoms with E-state index in [1.54, 1.807) is 4.90 Å². The van der Waals surface area contributed by atoms with Crippen LogP contribution in [0.3, 0.4) is 0 Å². The molecular weight excluding hydrogens is 390 g/mol. The highest BCUT2D eigenvalue weighted by Gasteiger charge is 2.34. The zero-order valence-electron chi connectivity index (χ0n) is 12.5. The molecule has 1 aliphatic heterocycles. The second kappa shape index (κ2) is 6.99. The Balaban J connectivity index is 1.97. The molecule has 0 N–H and O–H groups in total. The molecule has 0 saturated carbocycles. The fraction of sp³-hybridized carbons (Fsp3) is 0.111. The number of hydrogen-bond acceptors (Lipinski definition) is 3. The Bertz CT molecular complexity index is 816. The van der Waals surface area contributed by atoms with Crippen molar-refractivity contribution in [2.24, 2.45) is 0 Å². The third kappa shape index (κ3) is 3.42. The van der Waals surface area contributed by atoms with Crippen LogP contribution in [0.25, 0.3) is 6.08 Å². The van der Waals surface area contributed by atoms with Crippen LogP contribution in [0, 0.1) is 0 Å². The number of anilines is 1. The van der Waals surface area contributed by atoms with E-state index in [9.17, 15) is 4.79 Å². The van der Waals surface area contributed by atoms with Crippen LogP contribution in [0.4, 0.5) is 5.69 Å². The smallest absolute Gasteiger partial charge is 0.268 e. The average Bonchev–Trinajstić information content (AvgIpc) is 2.81. The van der Waals surface area contributed by atoms with Crippen molar-refractivity contribution in [2.45, 2.75) is 13.3 Å². The van der Waals surface area contributed by atoms with Gasteiger partial charge in [0, 0.05) is 4.47 Å². The van der Waals surface area contributed by atoms with Crippen molar-refractivity contribution in [1.29, 1.82) is 0 Å². The molecule has 0 unspecified atom stereocenters. The van der Waals surface area contributed by atoms with Crippen molar-refractivity contribution < 1.29 is 4.79 Å². The summed E-state index contributed by atoms with van der Waals surface area (Å²) < 4.78 is 1.57. The van der Waals surface area contributed by atoms with Crippen LogP contribution in [0.2, 0.25) is 0 Å². The molecule has 1 amide bonds. The first-order valence-corrected chi connectivity index (χ1v) is 9.23. The fourth-order valence-corrected chi connectivity index (χ4v) is 4.15. The van der Waals surface area contributed by atoms with E-state index in [2.05, 4.69) is 22.9 Å². The number of carbonyl (C=O) groups is 1. The van der Waals surface area contributed by atoms with Crippen LogP contribution >= 0.6 is 39.9 Å². The van der Waals surface area contributed by atoms with Gasteiger partial charge in [-0.2, -0.15) is 0 Å². The zero-order chi connectivity index (χ0) is 16.4. The van der Waals surface area contributed by atoms with Crippen LogP contribution in [0.1, 0.15) is 18.1 Å². The summed E-state index contributed by atoms with van der Waals surface area (Å²) in [5.41, 5.74) is 2.98. The van der Waals surface area contributed by atoms with Crippen molar-refractivity contribution in [1.82, 2.24) is 0 Å². The van der Waals surface area contributed by atoms with Crippen molar-refractivity contribution in [2.75, 3.05) is 4.90 Å². The molecule has 116 valence electrons. The molecule has 0 aromatic heterocycles. The highest BCUT2D eigenvalue weighted by molar-refractivity contribution is 9.10. The van der Waals surface area contributed by atoms with Crippen LogP contribution < -0.4 is 4.90 Å². The number of para-hydroxylation sites is 1. The highest BCUT2D eigenvalue weighted by atomic mass is 79.9. The van der Waals surface area contributed by atoms with Gasteiger partial charge < -0.3 is 0 Å².